The van der Waals surface area contributed by atoms with E-state index in [1.165, 1.54) is 12.0 Å². The smallest absolute Gasteiger partial charge is 0.407 e. The third kappa shape index (κ3) is 1.52. The zero-order chi connectivity index (χ0) is 9.14. The molecule has 1 saturated heterocycles. The number of methoxy groups -OCH3 is 1. The molecule has 1 aliphatic rings. The predicted molar refractivity (Wildman–Crippen MR) is 43.9 cm³/mol. The lowest BCUT2D eigenvalue weighted by Gasteiger charge is -2.22. The fourth-order valence-corrected chi connectivity index (χ4v) is 1.47. The van der Waals surface area contributed by atoms with E-state index < -0.39 is 6.09 Å². The molecule has 0 aliphatic carbocycles. The summed E-state index contributed by atoms with van der Waals surface area (Å²) in [6.45, 7) is 4.25. The molecule has 0 bridgehead atoms. The molecule has 1 rings (SSSR count). The van der Waals surface area contributed by atoms with Crippen molar-refractivity contribution in [3.8, 4) is 0 Å². The molecule has 1 heterocycles. The van der Waals surface area contributed by atoms with E-state index in [-0.39, 0.29) is 6.04 Å². The number of nitrogens with zero attached hydrogens (tertiary/aromatic N) is 1. The largest absolute Gasteiger partial charge is 0.500 e. The van der Waals surface area contributed by atoms with Crippen LogP contribution in [0.5, 0.6) is 0 Å². The average molecular weight is 171 g/mol. The zero-order valence-electron chi connectivity index (χ0n) is 7.12. The summed E-state index contributed by atoms with van der Waals surface area (Å²) in [7, 11) is 1.51. The minimum atomic E-state index is -0.893. The molecular weight excluding hydrogens is 158 g/mol. The number of hydrogen-bond acceptors (Lipinski definition) is 2. The highest BCUT2D eigenvalue weighted by atomic mass is 16.5. The van der Waals surface area contributed by atoms with Crippen molar-refractivity contribution < 1.29 is 14.6 Å². The second-order valence-electron chi connectivity index (χ2n) is 2.80. The Kier molecular flexibility index (Phi) is 2.58. The second-order valence-corrected chi connectivity index (χ2v) is 2.80. The highest BCUT2D eigenvalue weighted by Crippen LogP contribution is 2.22. The first-order valence-electron chi connectivity index (χ1n) is 3.89. The Morgan fingerprint density at radius 2 is 2.42 bits per heavy atom. The SMILES string of the molecule is C=C(OC)C1CCCN1C(=O)O. The van der Waals surface area contributed by atoms with Gasteiger partial charge in [0, 0.05) is 6.54 Å². The Morgan fingerprint density at radius 1 is 1.75 bits per heavy atom. The molecule has 0 aromatic carbocycles. The van der Waals surface area contributed by atoms with Crippen LogP contribution in [0.2, 0.25) is 0 Å². The summed E-state index contributed by atoms with van der Waals surface area (Å²) in [6, 6.07) is -0.146. The molecule has 4 heteroatoms. The van der Waals surface area contributed by atoms with Gasteiger partial charge in [0.1, 0.15) is 5.76 Å². The van der Waals surface area contributed by atoms with Crippen LogP contribution in [0.3, 0.4) is 0 Å². The molecule has 1 aliphatic heterocycles. The number of likely N-dealkylation sites (tertiary alicyclic amines) is 1. The van der Waals surface area contributed by atoms with E-state index in [4.69, 9.17) is 9.84 Å². The molecule has 1 unspecified atom stereocenters. The van der Waals surface area contributed by atoms with Crippen molar-refractivity contribution in [3.05, 3.63) is 12.3 Å². The van der Waals surface area contributed by atoms with E-state index in [0.29, 0.717) is 12.3 Å². The molecule has 1 N–H and O–H groups in total. The van der Waals surface area contributed by atoms with Crippen molar-refractivity contribution in [2.45, 2.75) is 18.9 Å². The fraction of sp³-hybridized carbons (Fsp3) is 0.625. The molecule has 1 fully saturated rings. The first-order valence-corrected chi connectivity index (χ1v) is 3.89. The Balaban J connectivity index is 2.63. The Labute approximate surface area is 71.4 Å². The summed E-state index contributed by atoms with van der Waals surface area (Å²) in [5.41, 5.74) is 0. The van der Waals surface area contributed by atoms with Gasteiger partial charge in [-0.15, -0.1) is 0 Å². The average Bonchev–Trinajstić information content (AvgIpc) is 2.50. The number of carboxylic acid groups (broad SMARTS) is 1. The van der Waals surface area contributed by atoms with E-state index in [9.17, 15) is 4.79 Å². The van der Waals surface area contributed by atoms with Gasteiger partial charge >= 0.3 is 6.09 Å². The molecular formula is C8H13NO3. The molecule has 68 valence electrons. The van der Waals surface area contributed by atoms with E-state index >= 15 is 0 Å². The van der Waals surface area contributed by atoms with E-state index in [2.05, 4.69) is 6.58 Å². The van der Waals surface area contributed by atoms with Crippen molar-refractivity contribution in [1.82, 2.24) is 4.90 Å². The van der Waals surface area contributed by atoms with Crippen LogP contribution >= 0.6 is 0 Å². The Hall–Kier alpha value is -1.19. The monoisotopic (exact) mass is 171 g/mol. The van der Waals surface area contributed by atoms with Crippen molar-refractivity contribution in [1.29, 1.82) is 0 Å². The van der Waals surface area contributed by atoms with Gasteiger partial charge in [0.25, 0.3) is 0 Å². The number of rotatable bonds is 2. The molecule has 12 heavy (non-hydrogen) atoms. The second kappa shape index (κ2) is 3.47. The molecule has 0 saturated carbocycles. The molecule has 0 aromatic rings. The van der Waals surface area contributed by atoms with Crippen molar-refractivity contribution >= 4 is 6.09 Å². The van der Waals surface area contributed by atoms with Crippen LogP contribution in [0.25, 0.3) is 0 Å². The number of carbonyl (C=O) groups is 1. The van der Waals surface area contributed by atoms with Crippen LogP contribution in [0.4, 0.5) is 4.79 Å². The normalized spacial score (nSPS) is 22.4. The van der Waals surface area contributed by atoms with Crippen molar-refractivity contribution in [2.75, 3.05) is 13.7 Å². The van der Waals surface area contributed by atoms with Crippen LogP contribution < -0.4 is 0 Å². The van der Waals surface area contributed by atoms with Gasteiger partial charge in [0.05, 0.1) is 13.2 Å². The quantitative estimate of drug-likeness (QED) is 0.637. The number of hydrogen-bond donors (Lipinski definition) is 1. The Bertz CT molecular complexity index is 202. The third-order valence-electron chi connectivity index (χ3n) is 2.13. The predicted octanol–water partition coefficient (Wildman–Crippen LogP) is 1.29. The first kappa shape index (κ1) is 8.90. The number of amides is 1. The summed E-state index contributed by atoms with van der Waals surface area (Å²) in [6.07, 6.45) is 0.814. The summed E-state index contributed by atoms with van der Waals surface area (Å²) < 4.78 is 4.92. The van der Waals surface area contributed by atoms with E-state index in [1.54, 1.807) is 0 Å². The van der Waals surface area contributed by atoms with Gasteiger partial charge < -0.3 is 9.84 Å². The van der Waals surface area contributed by atoms with E-state index in [0.717, 1.165) is 12.8 Å². The maximum absolute atomic E-state index is 10.7. The molecule has 0 radical (unpaired) electrons. The zero-order valence-corrected chi connectivity index (χ0v) is 7.12. The van der Waals surface area contributed by atoms with Gasteiger partial charge in [-0.25, -0.2) is 4.79 Å². The topological polar surface area (TPSA) is 49.8 Å². The summed E-state index contributed by atoms with van der Waals surface area (Å²) in [4.78, 5) is 12.0. The van der Waals surface area contributed by atoms with Gasteiger partial charge in [-0.2, -0.15) is 0 Å². The van der Waals surface area contributed by atoms with Crippen LogP contribution in [0, 0.1) is 0 Å². The first-order chi connectivity index (χ1) is 5.66. The molecule has 0 aromatic heterocycles. The molecule has 1 atom stereocenters. The third-order valence-corrected chi connectivity index (χ3v) is 2.13. The highest BCUT2D eigenvalue weighted by Gasteiger charge is 2.30. The van der Waals surface area contributed by atoms with Crippen LogP contribution in [-0.4, -0.2) is 35.8 Å². The summed E-state index contributed by atoms with van der Waals surface area (Å²) in [5, 5.41) is 8.76. The van der Waals surface area contributed by atoms with Crippen molar-refractivity contribution in [2.24, 2.45) is 0 Å². The van der Waals surface area contributed by atoms with Gasteiger partial charge in [-0.1, -0.05) is 6.58 Å². The standard InChI is InChI=1S/C8H13NO3/c1-6(12-2)7-4-3-5-9(7)8(10)11/h7H,1,3-5H2,2H3,(H,10,11). The van der Waals surface area contributed by atoms with Crippen molar-refractivity contribution in [3.63, 3.8) is 0 Å². The van der Waals surface area contributed by atoms with E-state index in [1.807, 2.05) is 0 Å². The minimum absolute atomic E-state index is 0.146. The maximum atomic E-state index is 10.7. The highest BCUT2D eigenvalue weighted by molar-refractivity contribution is 5.66. The minimum Gasteiger partial charge on any atom is -0.500 e. The molecule has 0 spiro atoms. The number of ether oxygens (including phenoxy) is 1. The summed E-state index contributed by atoms with van der Waals surface area (Å²) >= 11 is 0. The van der Waals surface area contributed by atoms with Gasteiger partial charge in [0.15, 0.2) is 0 Å². The Morgan fingerprint density at radius 3 is 2.92 bits per heavy atom. The lowest BCUT2D eigenvalue weighted by atomic mass is 10.2. The summed E-state index contributed by atoms with van der Waals surface area (Å²) in [5.74, 6) is 0.537. The van der Waals surface area contributed by atoms with Crippen LogP contribution in [0.15, 0.2) is 12.3 Å². The lowest BCUT2D eigenvalue weighted by Crippen LogP contribution is -2.35. The molecule has 1 amide bonds. The maximum Gasteiger partial charge on any atom is 0.407 e. The van der Waals surface area contributed by atoms with Gasteiger partial charge in [-0.3, -0.25) is 4.90 Å². The lowest BCUT2D eigenvalue weighted by molar-refractivity contribution is 0.130. The van der Waals surface area contributed by atoms with Crippen LogP contribution in [0.1, 0.15) is 12.8 Å². The van der Waals surface area contributed by atoms with Gasteiger partial charge in [-0.05, 0) is 12.8 Å². The van der Waals surface area contributed by atoms with Crippen LogP contribution in [-0.2, 0) is 4.74 Å². The molecule has 4 nitrogen and oxygen atoms in total. The van der Waals surface area contributed by atoms with Gasteiger partial charge in [0.2, 0.25) is 0 Å². The fourth-order valence-electron chi connectivity index (χ4n) is 1.47.